The second kappa shape index (κ2) is 8.15. The number of ether oxygens (including phenoxy) is 1. The molecule has 4 rings (SSSR count). The highest BCUT2D eigenvalue weighted by molar-refractivity contribution is 5.76. The number of anilines is 1. The first-order chi connectivity index (χ1) is 13.0. The highest BCUT2D eigenvalue weighted by Gasteiger charge is 2.34. The average Bonchev–Trinajstić information content (AvgIpc) is 2.98. The molecule has 6 heteroatoms. The molecule has 4 heterocycles. The number of pyridine rings is 1. The number of hydrogen-bond donors (Lipinski definition) is 2. The van der Waals surface area contributed by atoms with Crippen LogP contribution in [0, 0.1) is 5.92 Å². The Morgan fingerprint density at radius 2 is 1.93 bits per heavy atom. The van der Waals surface area contributed by atoms with Crippen LogP contribution in [0.5, 0.6) is 0 Å². The minimum absolute atomic E-state index is 0.168. The summed E-state index contributed by atoms with van der Waals surface area (Å²) in [5.41, 5.74) is 1.05. The minimum atomic E-state index is 0.168. The molecule has 0 radical (unpaired) electrons. The largest absolute Gasteiger partial charge is 0.372 e. The van der Waals surface area contributed by atoms with Crippen molar-refractivity contribution in [3.05, 3.63) is 23.9 Å². The van der Waals surface area contributed by atoms with Gasteiger partial charge in [0.25, 0.3) is 0 Å². The fraction of sp³-hybridized carbons (Fsp3) is 0.714. The van der Waals surface area contributed by atoms with Crippen molar-refractivity contribution in [3.63, 3.8) is 0 Å². The third-order valence-electron chi connectivity index (χ3n) is 6.09. The summed E-state index contributed by atoms with van der Waals surface area (Å²) >= 11 is 0. The number of carbonyl (C=O) groups is 1. The summed E-state index contributed by atoms with van der Waals surface area (Å²) in [7, 11) is 0. The molecule has 1 aromatic heterocycles. The molecule has 148 valence electrons. The molecule has 0 saturated carbocycles. The van der Waals surface area contributed by atoms with E-state index in [1.165, 1.54) is 12.8 Å². The summed E-state index contributed by atoms with van der Waals surface area (Å²) < 4.78 is 5.79. The number of nitrogens with zero attached hydrogens (tertiary/aromatic N) is 2. The van der Waals surface area contributed by atoms with Crippen molar-refractivity contribution in [1.29, 1.82) is 0 Å². The van der Waals surface area contributed by atoms with Gasteiger partial charge in [0, 0.05) is 44.3 Å². The summed E-state index contributed by atoms with van der Waals surface area (Å²) in [4.78, 5) is 19.2. The van der Waals surface area contributed by atoms with Crippen LogP contribution >= 0.6 is 0 Å². The quantitative estimate of drug-likeness (QED) is 0.830. The summed E-state index contributed by atoms with van der Waals surface area (Å²) in [6.07, 6.45) is 7.84. The number of hydrogen-bond acceptors (Lipinski definition) is 5. The Labute approximate surface area is 162 Å². The summed E-state index contributed by atoms with van der Waals surface area (Å²) in [6.45, 7) is 6.48. The van der Waals surface area contributed by atoms with Gasteiger partial charge in [0.2, 0.25) is 5.91 Å². The standard InChI is InChI=1S/C21H32N4O2/c1-14-12-25(13-15(2)27-14)20-6-3-16(10-22-20)11-23-21(26)9-17-7-18-4-5-19(8-17)24-18/h3,6,10,14-15,17-19,24H,4-5,7-9,11-13H2,1-2H3,(H,23,26). The molecule has 4 atom stereocenters. The summed E-state index contributed by atoms with van der Waals surface area (Å²) in [5, 5.41) is 6.71. The number of rotatable bonds is 5. The molecule has 1 amide bonds. The lowest BCUT2D eigenvalue weighted by molar-refractivity contribution is -0.122. The van der Waals surface area contributed by atoms with Gasteiger partial charge in [-0.3, -0.25) is 4.79 Å². The van der Waals surface area contributed by atoms with E-state index in [1.54, 1.807) is 0 Å². The number of morpholine rings is 1. The molecule has 3 aliphatic rings. The van der Waals surface area contributed by atoms with Crippen LogP contribution in [0.2, 0.25) is 0 Å². The Balaban J connectivity index is 1.24. The van der Waals surface area contributed by atoms with Gasteiger partial charge in [-0.15, -0.1) is 0 Å². The van der Waals surface area contributed by atoms with Crippen molar-refractivity contribution < 1.29 is 9.53 Å². The average molecular weight is 373 g/mol. The van der Waals surface area contributed by atoms with E-state index in [1.807, 2.05) is 6.20 Å². The topological polar surface area (TPSA) is 66.5 Å². The molecule has 3 aliphatic heterocycles. The molecule has 6 nitrogen and oxygen atoms in total. The van der Waals surface area contributed by atoms with Crippen molar-refractivity contribution in [2.24, 2.45) is 5.92 Å². The van der Waals surface area contributed by atoms with Gasteiger partial charge >= 0.3 is 0 Å². The van der Waals surface area contributed by atoms with Gasteiger partial charge in [-0.05, 0) is 57.1 Å². The highest BCUT2D eigenvalue weighted by Crippen LogP contribution is 2.32. The molecule has 27 heavy (non-hydrogen) atoms. The van der Waals surface area contributed by atoms with Crippen LogP contribution in [0.4, 0.5) is 5.82 Å². The zero-order valence-electron chi connectivity index (χ0n) is 16.5. The molecule has 0 spiro atoms. The van der Waals surface area contributed by atoms with Crippen molar-refractivity contribution in [3.8, 4) is 0 Å². The first kappa shape index (κ1) is 18.7. The van der Waals surface area contributed by atoms with Crippen molar-refractivity contribution in [2.75, 3.05) is 18.0 Å². The SMILES string of the molecule is CC1CN(c2ccc(CNC(=O)CC3CC4CCC(C3)N4)cn2)CC(C)O1. The maximum absolute atomic E-state index is 12.3. The predicted molar refractivity (Wildman–Crippen MR) is 106 cm³/mol. The summed E-state index contributed by atoms with van der Waals surface area (Å²) in [5.74, 6) is 1.69. The molecule has 3 fully saturated rings. The maximum Gasteiger partial charge on any atom is 0.220 e. The van der Waals surface area contributed by atoms with Crippen molar-refractivity contribution in [2.45, 2.75) is 76.8 Å². The first-order valence-corrected chi connectivity index (χ1v) is 10.4. The number of fused-ring (bicyclic) bond motifs is 2. The zero-order chi connectivity index (χ0) is 18.8. The maximum atomic E-state index is 12.3. The van der Waals surface area contributed by atoms with Crippen LogP contribution in [-0.2, 0) is 16.1 Å². The van der Waals surface area contributed by atoms with Gasteiger partial charge in [-0.25, -0.2) is 4.98 Å². The predicted octanol–water partition coefficient (Wildman–Crippen LogP) is 2.23. The second-order valence-electron chi connectivity index (χ2n) is 8.64. The van der Waals surface area contributed by atoms with Crippen LogP contribution in [0.15, 0.2) is 18.3 Å². The highest BCUT2D eigenvalue weighted by atomic mass is 16.5. The Morgan fingerprint density at radius 3 is 2.56 bits per heavy atom. The Kier molecular flexibility index (Phi) is 5.64. The second-order valence-corrected chi connectivity index (χ2v) is 8.64. The number of carbonyl (C=O) groups excluding carboxylic acids is 1. The van der Waals surface area contributed by atoms with E-state index in [2.05, 4.69) is 46.5 Å². The van der Waals surface area contributed by atoms with Gasteiger partial charge in [-0.1, -0.05) is 6.07 Å². The summed E-state index contributed by atoms with van der Waals surface area (Å²) in [6, 6.07) is 5.40. The molecule has 4 unspecified atom stereocenters. The molecule has 1 aromatic rings. The van der Waals surface area contributed by atoms with Crippen LogP contribution in [-0.4, -0.2) is 48.3 Å². The number of piperidine rings is 1. The van der Waals surface area contributed by atoms with E-state index < -0.39 is 0 Å². The van der Waals surface area contributed by atoms with E-state index >= 15 is 0 Å². The number of nitrogens with one attached hydrogen (secondary N) is 2. The van der Waals surface area contributed by atoms with Gasteiger partial charge in [0.1, 0.15) is 5.82 Å². The fourth-order valence-corrected chi connectivity index (χ4v) is 4.95. The van der Waals surface area contributed by atoms with E-state index in [0.717, 1.165) is 37.3 Å². The minimum Gasteiger partial charge on any atom is -0.372 e. The van der Waals surface area contributed by atoms with Crippen LogP contribution < -0.4 is 15.5 Å². The van der Waals surface area contributed by atoms with Crippen LogP contribution in [0.1, 0.15) is 51.5 Å². The number of amides is 1. The Morgan fingerprint density at radius 1 is 1.22 bits per heavy atom. The third-order valence-corrected chi connectivity index (χ3v) is 6.09. The van der Waals surface area contributed by atoms with Gasteiger partial charge < -0.3 is 20.3 Å². The van der Waals surface area contributed by atoms with Crippen LogP contribution in [0.25, 0.3) is 0 Å². The van der Waals surface area contributed by atoms with Crippen molar-refractivity contribution in [1.82, 2.24) is 15.6 Å². The molecule has 0 aromatic carbocycles. The molecular formula is C21H32N4O2. The molecule has 2 N–H and O–H groups in total. The van der Waals surface area contributed by atoms with E-state index in [9.17, 15) is 4.79 Å². The van der Waals surface area contributed by atoms with E-state index in [-0.39, 0.29) is 18.1 Å². The van der Waals surface area contributed by atoms with Crippen molar-refractivity contribution >= 4 is 11.7 Å². The zero-order valence-corrected chi connectivity index (χ0v) is 16.5. The Hall–Kier alpha value is -1.66. The first-order valence-electron chi connectivity index (χ1n) is 10.4. The molecule has 2 bridgehead atoms. The van der Waals surface area contributed by atoms with E-state index in [4.69, 9.17) is 4.74 Å². The smallest absolute Gasteiger partial charge is 0.220 e. The lowest BCUT2D eigenvalue weighted by atomic mass is 9.89. The molecular weight excluding hydrogens is 340 g/mol. The van der Waals surface area contributed by atoms with Gasteiger partial charge in [-0.2, -0.15) is 0 Å². The third kappa shape index (κ3) is 4.79. The molecule has 0 aliphatic carbocycles. The molecule has 3 saturated heterocycles. The van der Waals surface area contributed by atoms with Gasteiger partial charge in [0.15, 0.2) is 0 Å². The Bertz CT molecular complexity index is 628. The lowest BCUT2D eigenvalue weighted by Crippen LogP contribution is -2.45. The monoisotopic (exact) mass is 372 g/mol. The number of aromatic nitrogens is 1. The lowest BCUT2D eigenvalue weighted by Gasteiger charge is -2.36. The fourth-order valence-electron chi connectivity index (χ4n) is 4.95. The van der Waals surface area contributed by atoms with Gasteiger partial charge in [0.05, 0.1) is 12.2 Å². The van der Waals surface area contributed by atoms with Crippen LogP contribution in [0.3, 0.4) is 0 Å². The normalized spacial score (nSPS) is 33.1. The van der Waals surface area contributed by atoms with E-state index in [0.29, 0.717) is 31.0 Å².